The average molecular weight is 410 g/mol. The van der Waals surface area contributed by atoms with Crippen LogP contribution in [-0.4, -0.2) is 32.7 Å². The Balaban J connectivity index is 1.69. The van der Waals surface area contributed by atoms with Crippen molar-refractivity contribution in [2.75, 3.05) is 6.54 Å². The largest absolute Gasteiger partial charge is 0.481 e. The molecule has 27 heavy (non-hydrogen) atoms. The highest BCUT2D eigenvalue weighted by molar-refractivity contribution is 8.26. The van der Waals surface area contributed by atoms with E-state index >= 15 is 0 Å². The predicted molar refractivity (Wildman–Crippen MR) is 111 cm³/mol. The van der Waals surface area contributed by atoms with Gasteiger partial charge in [-0.3, -0.25) is 14.5 Å². The lowest BCUT2D eigenvalue weighted by atomic mass is 10.1. The van der Waals surface area contributed by atoms with Gasteiger partial charge in [-0.05, 0) is 36.6 Å². The van der Waals surface area contributed by atoms with Crippen molar-refractivity contribution in [3.63, 3.8) is 0 Å². The van der Waals surface area contributed by atoms with E-state index in [4.69, 9.17) is 17.3 Å². The summed E-state index contributed by atoms with van der Waals surface area (Å²) in [5.74, 6) is -1.17. The number of carbonyl (C=O) groups is 2. The maximum absolute atomic E-state index is 13.3. The average Bonchev–Trinajstić information content (AvgIpc) is 2.87. The molecule has 2 rings (SSSR count). The molecule has 4 nitrogen and oxygen atoms in total. The fourth-order valence-corrected chi connectivity index (χ4v) is 4.18. The van der Waals surface area contributed by atoms with Crippen molar-refractivity contribution in [3.8, 4) is 0 Å². The summed E-state index contributed by atoms with van der Waals surface area (Å²) in [4.78, 5) is 25.1. The van der Waals surface area contributed by atoms with Gasteiger partial charge in [-0.2, -0.15) is 0 Å². The number of thiocarbonyl (C=S) groups is 1. The number of unbranched alkanes of at least 4 members (excludes halogenated alkanes) is 6. The van der Waals surface area contributed by atoms with Crippen LogP contribution in [0.4, 0.5) is 4.39 Å². The Labute approximate surface area is 168 Å². The SMILES string of the molecule is O=C(O)CCCCCCCCCN1C(=O)/C(=C/c2cccc(F)c2)SC1=S. The Bertz CT molecular complexity index is 721. The number of carboxylic acid groups (broad SMARTS) is 1. The zero-order valence-electron chi connectivity index (χ0n) is 15.2. The molecule has 0 spiro atoms. The highest BCUT2D eigenvalue weighted by Gasteiger charge is 2.31. The van der Waals surface area contributed by atoms with Gasteiger partial charge in [0.2, 0.25) is 0 Å². The van der Waals surface area contributed by atoms with Gasteiger partial charge in [0.1, 0.15) is 10.1 Å². The molecule has 7 heteroatoms. The van der Waals surface area contributed by atoms with Crippen LogP contribution in [0.5, 0.6) is 0 Å². The van der Waals surface area contributed by atoms with Gasteiger partial charge in [0, 0.05) is 13.0 Å². The molecule has 1 fully saturated rings. The molecule has 0 radical (unpaired) electrons. The number of halogens is 1. The molecule has 0 unspecified atom stereocenters. The zero-order valence-corrected chi connectivity index (χ0v) is 16.8. The molecule has 146 valence electrons. The minimum atomic E-state index is -0.732. The second kappa shape index (κ2) is 11.2. The van der Waals surface area contributed by atoms with Crippen molar-refractivity contribution in [2.45, 2.75) is 51.4 Å². The predicted octanol–water partition coefficient (Wildman–Crippen LogP) is 5.23. The van der Waals surface area contributed by atoms with E-state index in [0.29, 0.717) is 21.3 Å². The maximum atomic E-state index is 13.3. The van der Waals surface area contributed by atoms with Crippen molar-refractivity contribution in [3.05, 3.63) is 40.6 Å². The third-order valence-electron chi connectivity index (χ3n) is 4.29. The number of aliphatic carboxylic acids is 1. The second-order valence-corrected chi connectivity index (χ2v) is 8.18. The first-order valence-corrected chi connectivity index (χ1v) is 10.4. The summed E-state index contributed by atoms with van der Waals surface area (Å²) < 4.78 is 13.8. The number of carbonyl (C=O) groups excluding carboxylic acids is 1. The van der Waals surface area contributed by atoms with Crippen LogP contribution in [-0.2, 0) is 9.59 Å². The summed E-state index contributed by atoms with van der Waals surface area (Å²) in [6.45, 7) is 0.601. The van der Waals surface area contributed by atoms with Gasteiger partial charge in [-0.25, -0.2) is 4.39 Å². The quantitative estimate of drug-likeness (QED) is 0.308. The van der Waals surface area contributed by atoms with E-state index in [2.05, 4.69) is 0 Å². The van der Waals surface area contributed by atoms with Gasteiger partial charge < -0.3 is 5.11 Å². The Morgan fingerprint density at radius 3 is 2.48 bits per heavy atom. The molecule has 1 heterocycles. The van der Waals surface area contributed by atoms with Crippen LogP contribution in [0, 0.1) is 5.82 Å². The fourth-order valence-electron chi connectivity index (χ4n) is 2.87. The third kappa shape index (κ3) is 7.42. The third-order valence-corrected chi connectivity index (χ3v) is 5.67. The normalized spacial score (nSPS) is 15.7. The highest BCUT2D eigenvalue weighted by atomic mass is 32.2. The van der Waals surface area contributed by atoms with E-state index < -0.39 is 5.97 Å². The molecule has 0 saturated carbocycles. The Kier molecular flexibility index (Phi) is 8.94. The molecule has 0 bridgehead atoms. The van der Waals surface area contributed by atoms with Crippen LogP contribution >= 0.6 is 24.0 Å². The lowest BCUT2D eigenvalue weighted by molar-refractivity contribution is -0.137. The summed E-state index contributed by atoms with van der Waals surface area (Å²) in [6, 6.07) is 6.13. The number of thioether (sulfide) groups is 1. The lowest BCUT2D eigenvalue weighted by Gasteiger charge is -2.14. The van der Waals surface area contributed by atoms with Crippen molar-refractivity contribution < 1.29 is 19.1 Å². The second-order valence-electron chi connectivity index (χ2n) is 6.51. The van der Waals surface area contributed by atoms with Crippen molar-refractivity contribution in [1.82, 2.24) is 4.90 Å². The van der Waals surface area contributed by atoms with Crippen molar-refractivity contribution in [1.29, 1.82) is 0 Å². The monoisotopic (exact) mass is 409 g/mol. The first-order valence-electron chi connectivity index (χ1n) is 9.20. The number of carboxylic acids is 1. The molecular formula is C20H24FNO3S2. The van der Waals surface area contributed by atoms with E-state index in [-0.39, 0.29) is 18.1 Å². The van der Waals surface area contributed by atoms with Crippen molar-refractivity contribution >= 4 is 46.3 Å². The molecule has 0 atom stereocenters. The summed E-state index contributed by atoms with van der Waals surface area (Å²) >= 11 is 6.57. The van der Waals surface area contributed by atoms with Crippen LogP contribution < -0.4 is 0 Å². The van der Waals surface area contributed by atoms with Gasteiger partial charge in [-0.1, -0.05) is 68.2 Å². The van der Waals surface area contributed by atoms with Gasteiger partial charge in [0.25, 0.3) is 5.91 Å². The first-order chi connectivity index (χ1) is 13.0. The molecule has 1 N–H and O–H groups in total. The van der Waals surface area contributed by atoms with Crippen LogP contribution in [0.15, 0.2) is 29.2 Å². The van der Waals surface area contributed by atoms with E-state index in [1.54, 1.807) is 23.1 Å². The van der Waals surface area contributed by atoms with Crippen molar-refractivity contribution in [2.24, 2.45) is 0 Å². The van der Waals surface area contributed by atoms with E-state index in [1.165, 1.54) is 23.9 Å². The minimum Gasteiger partial charge on any atom is -0.481 e. The topological polar surface area (TPSA) is 57.6 Å². The number of benzene rings is 1. The summed E-state index contributed by atoms with van der Waals surface area (Å²) in [7, 11) is 0. The number of hydrogen-bond donors (Lipinski definition) is 1. The molecule has 0 aromatic heterocycles. The van der Waals surface area contributed by atoms with Crippen LogP contribution in [0.25, 0.3) is 6.08 Å². The van der Waals surface area contributed by atoms with Crippen LogP contribution in [0.2, 0.25) is 0 Å². The number of hydrogen-bond acceptors (Lipinski definition) is 4. The Hall–Kier alpha value is -1.73. The molecule has 1 aliphatic heterocycles. The maximum Gasteiger partial charge on any atom is 0.303 e. The molecule has 1 aromatic rings. The van der Waals surface area contributed by atoms with E-state index in [0.717, 1.165) is 44.9 Å². The van der Waals surface area contributed by atoms with Gasteiger partial charge in [-0.15, -0.1) is 0 Å². The lowest BCUT2D eigenvalue weighted by Crippen LogP contribution is -2.29. The minimum absolute atomic E-state index is 0.108. The molecule has 1 amide bonds. The van der Waals surface area contributed by atoms with E-state index in [1.807, 2.05) is 0 Å². The smallest absolute Gasteiger partial charge is 0.303 e. The molecular weight excluding hydrogens is 385 g/mol. The highest BCUT2D eigenvalue weighted by Crippen LogP contribution is 2.32. The van der Waals surface area contributed by atoms with Gasteiger partial charge >= 0.3 is 5.97 Å². The molecule has 1 aromatic carbocycles. The first kappa shape index (κ1) is 21.6. The van der Waals surface area contributed by atoms with Crippen LogP contribution in [0.3, 0.4) is 0 Å². The van der Waals surface area contributed by atoms with Gasteiger partial charge in [0.15, 0.2) is 0 Å². The summed E-state index contributed by atoms with van der Waals surface area (Å²) in [5.41, 5.74) is 0.651. The zero-order chi connectivity index (χ0) is 19.6. The summed E-state index contributed by atoms with van der Waals surface area (Å²) in [6.07, 6.45) is 8.71. The Morgan fingerprint density at radius 2 is 1.81 bits per heavy atom. The molecule has 1 saturated heterocycles. The standard InChI is InChI=1S/C20H24FNO3S2/c21-16-10-8-9-15(13-16)14-17-19(25)22(20(26)27-17)12-7-5-3-1-2-4-6-11-18(23)24/h8-10,13-14H,1-7,11-12H2,(H,23,24)/b17-14-. The van der Waals surface area contributed by atoms with Crippen LogP contribution in [0.1, 0.15) is 56.9 Å². The number of amides is 1. The molecule has 1 aliphatic rings. The fraction of sp³-hybridized carbons (Fsp3) is 0.450. The van der Waals surface area contributed by atoms with E-state index in [9.17, 15) is 14.0 Å². The molecule has 0 aliphatic carbocycles. The number of nitrogens with zero attached hydrogens (tertiary/aromatic N) is 1. The Morgan fingerprint density at radius 1 is 1.15 bits per heavy atom. The number of rotatable bonds is 11. The summed E-state index contributed by atoms with van der Waals surface area (Å²) in [5, 5.41) is 8.58. The van der Waals surface area contributed by atoms with Gasteiger partial charge in [0.05, 0.1) is 4.91 Å².